The first-order valence-electron chi connectivity index (χ1n) is 14.3. The van der Waals surface area contributed by atoms with E-state index in [-0.39, 0.29) is 18.4 Å². The molecule has 0 saturated carbocycles. The second kappa shape index (κ2) is 18.7. The predicted molar refractivity (Wildman–Crippen MR) is 157 cm³/mol. The molecule has 6 nitrogen and oxygen atoms in total. The Balaban J connectivity index is 2.01. The van der Waals surface area contributed by atoms with E-state index < -0.39 is 0 Å². The normalized spacial score (nSPS) is 10.8. The van der Waals surface area contributed by atoms with E-state index >= 15 is 0 Å². The Hall–Kier alpha value is -2.54. The molecule has 212 valence electrons. The molecule has 1 heterocycles. The summed E-state index contributed by atoms with van der Waals surface area (Å²) >= 11 is 1.65. The van der Waals surface area contributed by atoms with Crippen LogP contribution in [0, 0.1) is 0 Å². The number of benzene rings is 1. The van der Waals surface area contributed by atoms with Crippen LogP contribution >= 0.6 is 11.3 Å². The van der Waals surface area contributed by atoms with Crippen molar-refractivity contribution in [2.75, 3.05) is 33.9 Å². The summed E-state index contributed by atoms with van der Waals surface area (Å²) in [4.78, 5) is 31.5. The largest absolute Gasteiger partial charge is 0.493 e. The van der Waals surface area contributed by atoms with Crippen molar-refractivity contribution < 1.29 is 19.1 Å². The van der Waals surface area contributed by atoms with E-state index in [0.717, 1.165) is 36.1 Å². The van der Waals surface area contributed by atoms with E-state index in [9.17, 15) is 9.59 Å². The van der Waals surface area contributed by atoms with Crippen LogP contribution in [0.3, 0.4) is 0 Å². The standard InChI is InChI=1S/C31H48N2O4S/c1-5-7-9-10-11-12-13-16-30(34)32(20-8-6-2)25-31(35)33(24-27-15-14-22-38-27)21-19-26-17-18-28(36-3)29(23-26)37-4/h14-15,17-18,22-23H,5-13,16,19-21,24-25H2,1-4H3. The van der Waals surface area contributed by atoms with E-state index in [2.05, 4.69) is 19.9 Å². The van der Waals surface area contributed by atoms with Crippen molar-refractivity contribution in [3.8, 4) is 11.5 Å². The minimum Gasteiger partial charge on any atom is -0.493 e. The van der Waals surface area contributed by atoms with E-state index in [4.69, 9.17) is 9.47 Å². The average Bonchev–Trinajstić information content (AvgIpc) is 3.45. The zero-order valence-corrected chi connectivity index (χ0v) is 24.8. The van der Waals surface area contributed by atoms with Crippen LogP contribution in [0.5, 0.6) is 11.5 Å². The lowest BCUT2D eigenvalue weighted by atomic mass is 10.1. The van der Waals surface area contributed by atoms with Crippen molar-refractivity contribution in [2.24, 2.45) is 0 Å². The Morgan fingerprint density at radius 1 is 0.789 bits per heavy atom. The minimum absolute atomic E-state index is 0.00268. The topological polar surface area (TPSA) is 59.1 Å². The van der Waals surface area contributed by atoms with Gasteiger partial charge in [-0.15, -0.1) is 11.3 Å². The third kappa shape index (κ3) is 11.5. The van der Waals surface area contributed by atoms with Gasteiger partial charge in [0.05, 0.1) is 27.3 Å². The number of hydrogen-bond donors (Lipinski definition) is 0. The molecule has 0 aliphatic heterocycles. The van der Waals surface area contributed by atoms with Crippen molar-refractivity contribution in [3.63, 3.8) is 0 Å². The highest BCUT2D eigenvalue weighted by Gasteiger charge is 2.21. The molecule has 1 aromatic carbocycles. The Labute approximate surface area is 234 Å². The third-order valence-electron chi connectivity index (χ3n) is 6.85. The molecule has 0 bridgehead atoms. The molecule has 1 aromatic heterocycles. The van der Waals surface area contributed by atoms with Crippen LogP contribution in [-0.2, 0) is 22.6 Å². The Morgan fingerprint density at radius 2 is 1.50 bits per heavy atom. The Morgan fingerprint density at radius 3 is 2.16 bits per heavy atom. The van der Waals surface area contributed by atoms with E-state index in [1.54, 1.807) is 30.5 Å². The highest BCUT2D eigenvalue weighted by molar-refractivity contribution is 7.09. The lowest BCUT2D eigenvalue weighted by molar-refractivity contribution is -0.141. The third-order valence-corrected chi connectivity index (χ3v) is 7.71. The molecule has 2 amide bonds. The summed E-state index contributed by atoms with van der Waals surface area (Å²) in [6, 6.07) is 9.94. The fourth-order valence-electron chi connectivity index (χ4n) is 4.48. The number of hydrogen-bond acceptors (Lipinski definition) is 5. The van der Waals surface area contributed by atoms with Crippen LogP contribution in [0.2, 0.25) is 0 Å². The molecule has 0 aliphatic rings. The number of nitrogens with zero attached hydrogens (tertiary/aromatic N) is 2. The van der Waals surface area contributed by atoms with Gasteiger partial charge in [-0.2, -0.15) is 0 Å². The average molecular weight is 545 g/mol. The second-order valence-corrected chi connectivity index (χ2v) is 10.9. The predicted octanol–water partition coefficient (Wildman–Crippen LogP) is 7.11. The highest BCUT2D eigenvalue weighted by atomic mass is 32.1. The van der Waals surface area contributed by atoms with Gasteiger partial charge in [0.2, 0.25) is 11.8 Å². The summed E-state index contributed by atoms with van der Waals surface area (Å²) in [5.74, 6) is 1.48. The maximum Gasteiger partial charge on any atom is 0.242 e. The number of amides is 2. The van der Waals surface area contributed by atoms with Crippen LogP contribution in [-0.4, -0.2) is 55.5 Å². The zero-order chi connectivity index (χ0) is 27.6. The summed E-state index contributed by atoms with van der Waals surface area (Å²) in [5, 5.41) is 2.03. The van der Waals surface area contributed by atoms with E-state index in [1.807, 2.05) is 34.5 Å². The summed E-state index contributed by atoms with van der Waals surface area (Å²) in [7, 11) is 3.25. The van der Waals surface area contributed by atoms with Gasteiger partial charge in [0.15, 0.2) is 11.5 Å². The summed E-state index contributed by atoms with van der Waals surface area (Å²) < 4.78 is 10.8. The molecule has 0 unspecified atom stereocenters. The maximum absolute atomic E-state index is 13.6. The maximum atomic E-state index is 13.6. The molecule has 7 heteroatoms. The second-order valence-electron chi connectivity index (χ2n) is 9.87. The molecule has 0 saturated heterocycles. The van der Waals surface area contributed by atoms with Crippen molar-refractivity contribution >= 4 is 23.2 Å². The van der Waals surface area contributed by atoms with Gasteiger partial charge in [-0.05, 0) is 48.4 Å². The first kappa shape index (κ1) is 31.7. The first-order chi connectivity index (χ1) is 18.5. The van der Waals surface area contributed by atoms with Gasteiger partial charge in [-0.3, -0.25) is 9.59 Å². The molecule has 0 aliphatic carbocycles. The quantitative estimate of drug-likeness (QED) is 0.167. The molecule has 0 radical (unpaired) electrons. The molecule has 0 spiro atoms. The zero-order valence-electron chi connectivity index (χ0n) is 24.0. The summed E-state index contributed by atoms with van der Waals surface area (Å²) in [6.45, 7) is 6.25. The van der Waals surface area contributed by atoms with Crippen molar-refractivity contribution in [1.29, 1.82) is 0 Å². The van der Waals surface area contributed by atoms with Crippen LogP contribution in [0.25, 0.3) is 0 Å². The first-order valence-corrected chi connectivity index (χ1v) is 15.2. The van der Waals surface area contributed by atoms with E-state index in [0.29, 0.717) is 44.0 Å². The molecular formula is C31H48N2O4S. The van der Waals surface area contributed by atoms with Gasteiger partial charge in [-0.1, -0.05) is 70.9 Å². The number of methoxy groups -OCH3 is 2. The van der Waals surface area contributed by atoms with Gasteiger partial charge in [0.25, 0.3) is 0 Å². The van der Waals surface area contributed by atoms with Crippen molar-refractivity contribution in [2.45, 2.75) is 91.0 Å². The van der Waals surface area contributed by atoms with Crippen LogP contribution < -0.4 is 9.47 Å². The number of rotatable bonds is 20. The van der Waals surface area contributed by atoms with Crippen molar-refractivity contribution in [1.82, 2.24) is 9.80 Å². The monoisotopic (exact) mass is 544 g/mol. The molecule has 38 heavy (non-hydrogen) atoms. The molecule has 2 aromatic rings. The number of ether oxygens (including phenoxy) is 2. The van der Waals surface area contributed by atoms with Crippen LogP contribution in [0.1, 0.15) is 88.5 Å². The molecular weight excluding hydrogens is 496 g/mol. The van der Waals surface area contributed by atoms with Crippen LogP contribution in [0.4, 0.5) is 0 Å². The lowest BCUT2D eigenvalue weighted by Gasteiger charge is -2.28. The highest BCUT2D eigenvalue weighted by Crippen LogP contribution is 2.28. The number of carbonyl (C=O) groups is 2. The van der Waals surface area contributed by atoms with Crippen LogP contribution in [0.15, 0.2) is 35.7 Å². The van der Waals surface area contributed by atoms with Gasteiger partial charge in [0, 0.05) is 24.4 Å². The molecule has 0 N–H and O–H groups in total. The fraction of sp³-hybridized carbons (Fsp3) is 0.613. The van der Waals surface area contributed by atoms with Gasteiger partial charge in [0.1, 0.15) is 0 Å². The molecule has 2 rings (SSSR count). The van der Waals surface area contributed by atoms with Gasteiger partial charge < -0.3 is 19.3 Å². The smallest absolute Gasteiger partial charge is 0.242 e. The lowest BCUT2D eigenvalue weighted by Crippen LogP contribution is -2.43. The number of unbranched alkanes of at least 4 members (excludes halogenated alkanes) is 7. The van der Waals surface area contributed by atoms with Crippen molar-refractivity contribution in [3.05, 3.63) is 46.2 Å². The SMILES string of the molecule is CCCCCCCCCC(=O)N(CCCC)CC(=O)N(CCc1ccc(OC)c(OC)c1)Cc1cccs1. The molecule has 0 fully saturated rings. The molecule has 0 atom stereocenters. The number of thiophene rings is 1. The number of carbonyl (C=O) groups excluding carboxylic acids is 2. The summed E-state index contributed by atoms with van der Waals surface area (Å²) in [5.41, 5.74) is 1.07. The summed E-state index contributed by atoms with van der Waals surface area (Å²) in [6.07, 6.45) is 11.4. The van der Waals surface area contributed by atoms with Gasteiger partial charge >= 0.3 is 0 Å². The fourth-order valence-corrected chi connectivity index (χ4v) is 5.20. The van der Waals surface area contributed by atoms with Gasteiger partial charge in [-0.25, -0.2) is 0 Å². The Bertz CT molecular complexity index is 932. The van der Waals surface area contributed by atoms with E-state index in [1.165, 1.54) is 32.1 Å². The minimum atomic E-state index is 0.00268. The Kier molecular flexibility index (Phi) is 15.6.